The van der Waals surface area contributed by atoms with E-state index in [1.165, 1.54) is 6.20 Å². The molecule has 0 fully saturated rings. The minimum absolute atomic E-state index is 0.00632. The Kier molecular flexibility index (Phi) is 6.11. The highest BCUT2D eigenvalue weighted by atomic mass is 16.5. The van der Waals surface area contributed by atoms with Crippen molar-refractivity contribution in [3.63, 3.8) is 0 Å². The second-order valence-corrected chi connectivity index (χ2v) is 6.03. The first-order chi connectivity index (χ1) is 11.9. The lowest BCUT2D eigenvalue weighted by atomic mass is 9.98. The van der Waals surface area contributed by atoms with E-state index in [1.807, 2.05) is 45.0 Å². The van der Waals surface area contributed by atoms with E-state index in [1.54, 1.807) is 12.1 Å². The Bertz CT molecular complexity index is 741. The second kappa shape index (κ2) is 8.28. The van der Waals surface area contributed by atoms with Crippen LogP contribution in [0.2, 0.25) is 0 Å². The summed E-state index contributed by atoms with van der Waals surface area (Å²) in [5.74, 6) is -0.919. The van der Waals surface area contributed by atoms with Crippen molar-refractivity contribution in [2.45, 2.75) is 39.3 Å². The maximum Gasteiger partial charge on any atom is 0.305 e. The van der Waals surface area contributed by atoms with Crippen molar-refractivity contribution < 1.29 is 19.4 Å². The van der Waals surface area contributed by atoms with E-state index in [2.05, 4.69) is 10.3 Å². The Labute approximate surface area is 146 Å². The van der Waals surface area contributed by atoms with Gasteiger partial charge < -0.3 is 15.2 Å². The Morgan fingerprint density at radius 2 is 1.92 bits per heavy atom. The van der Waals surface area contributed by atoms with Gasteiger partial charge in [-0.3, -0.25) is 9.59 Å². The van der Waals surface area contributed by atoms with E-state index in [0.29, 0.717) is 11.4 Å². The van der Waals surface area contributed by atoms with E-state index >= 15 is 0 Å². The van der Waals surface area contributed by atoms with Crippen LogP contribution in [0, 0.1) is 6.92 Å². The maximum absolute atomic E-state index is 12.5. The van der Waals surface area contributed by atoms with Crippen LogP contribution in [0.15, 0.2) is 42.6 Å². The number of carbonyl (C=O) groups is 2. The second-order valence-electron chi connectivity index (χ2n) is 6.03. The van der Waals surface area contributed by atoms with Gasteiger partial charge in [0.05, 0.1) is 24.1 Å². The summed E-state index contributed by atoms with van der Waals surface area (Å²) in [5, 5.41) is 11.9. The Morgan fingerprint density at radius 3 is 2.48 bits per heavy atom. The molecule has 2 rings (SSSR count). The van der Waals surface area contributed by atoms with Crippen LogP contribution in [-0.4, -0.2) is 28.1 Å². The van der Waals surface area contributed by atoms with Gasteiger partial charge in [-0.05, 0) is 38.0 Å². The molecule has 1 aromatic heterocycles. The third-order valence-electron chi connectivity index (χ3n) is 3.60. The molecular weight excluding hydrogens is 320 g/mol. The molecule has 132 valence electrons. The van der Waals surface area contributed by atoms with Crippen LogP contribution in [0.1, 0.15) is 47.8 Å². The van der Waals surface area contributed by atoms with Crippen LogP contribution >= 0.6 is 0 Å². The zero-order chi connectivity index (χ0) is 18.4. The third kappa shape index (κ3) is 5.31. The Balaban J connectivity index is 2.16. The molecule has 0 aliphatic rings. The van der Waals surface area contributed by atoms with Crippen molar-refractivity contribution in [2.24, 2.45) is 0 Å². The highest BCUT2D eigenvalue weighted by Gasteiger charge is 2.20. The van der Waals surface area contributed by atoms with Gasteiger partial charge in [0.15, 0.2) is 0 Å². The van der Waals surface area contributed by atoms with Crippen LogP contribution in [-0.2, 0) is 4.79 Å². The average Bonchev–Trinajstić information content (AvgIpc) is 2.54. The molecular formula is C19H22N2O4. The highest BCUT2D eigenvalue weighted by molar-refractivity contribution is 5.94. The van der Waals surface area contributed by atoms with Crippen molar-refractivity contribution in [2.75, 3.05) is 0 Å². The number of nitrogens with one attached hydrogen (secondary N) is 1. The molecule has 0 aliphatic carbocycles. The highest BCUT2D eigenvalue weighted by Crippen LogP contribution is 2.21. The molecule has 25 heavy (non-hydrogen) atoms. The van der Waals surface area contributed by atoms with E-state index in [-0.39, 0.29) is 18.4 Å². The van der Waals surface area contributed by atoms with Gasteiger partial charge in [-0.1, -0.05) is 24.3 Å². The predicted octanol–water partition coefficient (Wildman–Crippen LogP) is 3.12. The summed E-state index contributed by atoms with van der Waals surface area (Å²) < 4.78 is 5.45. The van der Waals surface area contributed by atoms with Crippen molar-refractivity contribution in [3.05, 3.63) is 59.3 Å². The fourth-order valence-corrected chi connectivity index (χ4v) is 2.46. The lowest BCUT2D eigenvalue weighted by Crippen LogP contribution is -2.30. The van der Waals surface area contributed by atoms with E-state index in [9.17, 15) is 9.59 Å². The van der Waals surface area contributed by atoms with Gasteiger partial charge in [0.25, 0.3) is 5.91 Å². The number of hydrogen-bond acceptors (Lipinski definition) is 4. The van der Waals surface area contributed by atoms with Crippen LogP contribution in [0.4, 0.5) is 0 Å². The van der Waals surface area contributed by atoms with E-state index in [4.69, 9.17) is 9.84 Å². The average molecular weight is 342 g/mol. The fourth-order valence-electron chi connectivity index (χ4n) is 2.46. The van der Waals surface area contributed by atoms with Gasteiger partial charge in [0, 0.05) is 12.3 Å². The van der Waals surface area contributed by atoms with Gasteiger partial charge in [0.1, 0.15) is 0 Å². The topological polar surface area (TPSA) is 88.5 Å². The molecule has 1 unspecified atom stereocenters. The quantitative estimate of drug-likeness (QED) is 0.807. The summed E-state index contributed by atoms with van der Waals surface area (Å²) in [6, 6.07) is 10.0. The summed E-state index contributed by atoms with van der Waals surface area (Å²) in [6.45, 7) is 5.66. The molecule has 2 aromatic rings. The van der Waals surface area contributed by atoms with E-state index < -0.39 is 12.0 Å². The van der Waals surface area contributed by atoms with E-state index in [0.717, 1.165) is 11.1 Å². The first kappa shape index (κ1) is 18.4. The van der Waals surface area contributed by atoms with Gasteiger partial charge in [-0.2, -0.15) is 0 Å². The van der Waals surface area contributed by atoms with Gasteiger partial charge in [0.2, 0.25) is 5.88 Å². The minimum Gasteiger partial charge on any atom is -0.481 e. The fraction of sp³-hybridized carbons (Fsp3) is 0.316. The molecule has 0 spiro atoms. The number of carboxylic acids is 1. The summed E-state index contributed by atoms with van der Waals surface area (Å²) in [6.07, 6.45) is 1.22. The van der Waals surface area contributed by atoms with Gasteiger partial charge in [-0.15, -0.1) is 0 Å². The molecule has 2 N–H and O–H groups in total. The normalized spacial score (nSPS) is 11.8. The number of benzene rings is 1. The Hall–Kier alpha value is -2.89. The van der Waals surface area contributed by atoms with Crippen molar-refractivity contribution in [1.82, 2.24) is 10.3 Å². The van der Waals surface area contributed by atoms with Crippen LogP contribution in [0.25, 0.3) is 0 Å². The lowest BCUT2D eigenvalue weighted by molar-refractivity contribution is -0.137. The molecule has 1 heterocycles. The number of aliphatic carboxylic acids is 1. The zero-order valence-electron chi connectivity index (χ0n) is 14.5. The standard InChI is InChI=1S/C19H22N2O4/c1-12(2)25-17-9-8-14(11-20-17)19(24)21-16(10-18(22)23)15-7-5-4-6-13(15)3/h4-9,11-12,16H,10H2,1-3H3,(H,21,24)(H,22,23). The molecule has 1 aromatic carbocycles. The number of hydrogen-bond donors (Lipinski definition) is 2. The van der Waals surface area contributed by atoms with Crippen LogP contribution < -0.4 is 10.1 Å². The van der Waals surface area contributed by atoms with Crippen LogP contribution in [0.5, 0.6) is 5.88 Å². The number of aryl methyl sites for hydroxylation is 1. The first-order valence-electron chi connectivity index (χ1n) is 8.07. The van der Waals surface area contributed by atoms with Gasteiger partial charge >= 0.3 is 5.97 Å². The molecule has 0 aliphatic heterocycles. The largest absolute Gasteiger partial charge is 0.481 e. The summed E-state index contributed by atoms with van der Waals surface area (Å²) in [7, 11) is 0. The number of nitrogens with zero attached hydrogens (tertiary/aromatic N) is 1. The molecule has 1 atom stereocenters. The number of amides is 1. The van der Waals surface area contributed by atoms with Crippen molar-refractivity contribution in [3.8, 4) is 5.88 Å². The summed E-state index contributed by atoms with van der Waals surface area (Å²) in [5.41, 5.74) is 2.05. The molecule has 1 amide bonds. The van der Waals surface area contributed by atoms with Gasteiger partial charge in [-0.25, -0.2) is 4.98 Å². The maximum atomic E-state index is 12.5. The number of pyridine rings is 1. The minimum atomic E-state index is -0.979. The van der Waals surface area contributed by atoms with Crippen molar-refractivity contribution >= 4 is 11.9 Å². The molecule has 0 bridgehead atoms. The number of rotatable bonds is 7. The molecule has 6 heteroatoms. The molecule has 6 nitrogen and oxygen atoms in total. The molecule has 0 saturated carbocycles. The lowest BCUT2D eigenvalue weighted by Gasteiger charge is -2.19. The number of ether oxygens (including phenoxy) is 1. The number of carbonyl (C=O) groups excluding carboxylic acids is 1. The SMILES string of the molecule is Cc1ccccc1C(CC(=O)O)NC(=O)c1ccc(OC(C)C)nc1. The molecule has 0 saturated heterocycles. The van der Waals surface area contributed by atoms with Crippen LogP contribution in [0.3, 0.4) is 0 Å². The molecule has 0 radical (unpaired) electrons. The number of carboxylic acid groups (broad SMARTS) is 1. The monoisotopic (exact) mass is 342 g/mol. The van der Waals surface area contributed by atoms with Crippen molar-refractivity contribution in [1.29, 1.82) is 0 Å². The predicted molar refractivity (Wildman–Crippen MR) is 93.6 cm³/mol. The number of aromatic nitrogens is 1. The zero-order valence-corrected chi connectivity index (χ0v) is 14.5. The summed E-state index contributed by atoms with van der Waals surface area (Å²) >= 11 is 0. The summed E-state index contributed by atoms with van der Waals surface area (Å²) in [4.78, 5) is 27.7. The first-order valence-corrected chi connectivity index (χ1v) is 8.07. The Morgan fingerprint density at radius 1 is 1.20 bits per heavy atom. The smallest absolute Gasteiger partial charge is 0.305 e. The third-order valence-corrected chi connectivity index (χ3v) is 3.60.